The van der Waals surface area contributed by atoms with Crippen LogP contribution in [0.3, 0.4) is 0 Å². The van der Waals surface area contributed by atoms with Crippen LogP contribution in [0.1, 0.15) is 86.1 Å². The molecule has 0 spiro atoms. The van der Waals surface area contributed by atoms with Crippen LogP contribution < -0.4 is 5.32 Å². The number of methoxy groups -OCH3 is 1. The number of hydrogen-bond donors (Lipinski definition) is 2. The van der Waals surface area contributed by atoms with Crippen molar-refractivity contribution in [1.29, 1.82) is 0 Å². The zero-order valence-corrected chi connectivity index (χ0v) is 33.4. The molecule has 2 N–H and O–H groups in total. The lowest BCUT2D eigenvalue weighted by Crippen LogP contribution is -2.59. The van der Waals surface area contributed by atoms with Gasteiger partial charge in [0.05, 0.1) is 23.3 Å². The van der Waals surface area contributed by atoms with Crippen LogP contribution >= 0.6 is 0 Å². The van der Waals surface area contributed by atoms with E-state index in [0.29, 0.717) is 12.8 Å². The maximum atomic E-state index is 14.3. The van der Waals surface area contributed by atoms with Gasteiger partial charge in [-0.1, -0.05) is 39.0 Å². The molecule has 4 rings (SSSR count). The number of para-hydroxylation sites is 1. The fourth-order valence-electron chi connectivity index (χ4n) is 8.21. The van der Waals surface area contributed by atoms with Crippen molar-refractivity contribution < 1.29 is 33.6 Å². The number of nitrogens with one attached hydrogen (secondary N) is 1. The van der Waals surface area contributed by atoms with E-state index < -0.39 is 41.4 Å². The summed E-state index contributed by atoms with van der Waals surface area (Å²) in [5, 5.41) is 16.1. The lowest BCUT2D eigenvalue weighted by molar-refractivity contribution is -0.295. The number of cyclic esters (lactones) is 1. The predicted octanol–water partition coefficient (Wildman–Crippen LogP) is 5.22. The summed E-state index contributed by atoms with van der Waals surface area (Å²) in [5.74, 6) is -1.47. The predicted molar refractivity (Wildman–Crippen MR) is 204 cm³/mol. The number of likely N-dealkylation sites (N-methyl/N-ethyl adjacent to an activating group) is 1. The number of carbonyl (C=O) groups excluding carboxylic acids is 2. The molecule has 52 heavy (non-hydrogen) atoms. The minimum Gasteiger partial charge on any atom is -0.463 e. The summed E-state index contributed by atoms with van der Waals surface area (Å²) in [7, 11) is 5.51. The number of Topliss-reactive ketones (excluding diaryl/α,β-unsaturated/α-hetero) is 1. The molecule has 2 aliphatic rings. The van der Waals surface area contributed by atoms with Crippen molar-refractivity contribution in [3.05, 3.63) is 42.1 Å². The van der Waals surface area contributed by atoms with Crippen molar-refractivity contribution in [1.82, 2.24) is 20.1 Å². The van der Waals surface area contributed by atoms with E-state index in [4.69, 9.17) is 18.9 Å². The van der Waals surface area contributed by atoms with Crippen LogP contribution in [-0.4, -0.2) is 121 Å². The molecule has 0 saturated carbocycles. The number of hydrogen-bond acceptors (Lipinski definition) is 11. The first-order valence-electron chi connectivity index (χ1n) is 19.3. The third-order valence-corrected chi connectivity index (χ3v) is 11.2. The average Bonchev–Trinajstić information content (AvgIpc) is 3.11. The Morgan fingerprint density at radius 2 is 1.87 bits per heavy atom. The van der Waals surface area contributed by atoms with Crippen molar-refractivity contribution in [2.75, 3.05) is 47.4 Å². The molecule has 0 aliphatic carbocycles. The summed E-state index contributed by atoms with van der Waals surface area (Å²) in [6, 6.07) is 10.1. The molecule has 1 aromatic carbocycles. The highest BCUT2D eigenvalue weighted by atomic mass is 16.7. The van der Waals surface area contributed by atoms with Gasteiger partial charge in [0.25, 0.3) is 0 Å². The third kappa shape index (κ3) is 10.4. The van der Waals surface area contributed by atoms with E-state index in [0.717, 1.165) is 61.9 Å². The molecule has 0 bridgehead atoms. The van der Waals surface area contributed by atoms with Crippen LogP contribution in [0, 0.1) is 17.3 Å². The van der Waals surface area contributed by atoms with Crippen LogP contribution in [0.2, 0.25) is 0 Å². The summed E-state index contributed by atoms with van der Waals surface area (Å²) < 4.78 is 25.2. The number of esters is 1. The monoisotopic (exact) mass is 726 g/mol. The minimum absolute atomic E-state index is 0.0179. The van der Waals surface area contributed by atoms with E-state index >= 15 is 0 Å². The quantitative estimate of drug-likeness (QED) is 0.170. The molecule has 0 unspecified atom stereocenters. The molecular weight excluding hydrogens is 660 g/mol. The van der Waals surface area contributed by atoms with Gasteiger partial charge < -0.3 is 34.3 Å². The van der Waals surface area contributed by atoms with Gasteiger partial charge in [-0.05, 0) is 111 Å². The van der Waals surface area contributed by atoms with Crippen molar-refractivity contribution in [2.45, 2.75) is 129 Å². The Labute approximate surface area is 312 Å². The van der Waals surface area contributed by atoms with E-state index in [-0.39, 0.29) is 36.5 Å². The standard InChI is InChI=1S/C41H66N4O7/c1-11-19-45-25-27(2)22-41(7,49-10)37(52-38-35(46)34(44(8)9)20-28(3)51-38)29(4)36(47)40(5,6)39(48)50-26-32(45)16-14-18-42-23-30-21-31-15-12-13-17-33(31)43-24-30/h12-13,15,17,21,24,27-29,32,34-35,37-38,42,46H,11,14,16,18-20,22-23,25-26H2,1-10H3/t27-,28-,29+,32-,34+,35-,37-,38+,41-/m1/s1. The van der Waals surface area contributed by atoms with Gasteiger partial charge in [-0.2, -0.15) is 0 Å². The largest absolute Gasteiger partial charge is 0.463 e. The van der Waals surface area contributed by atoms with Gasteiger partial charge >= 0.3 is 5.97 Å². The molecule has 2 aliphatic heterocycles. The van der Waals surface area contributed by atoms with Crippen LogP contribution in [0.15, 0.2) is 36.5 Å². The normalized spacial score (nSPS) is 32.6. The number of ketones is 1. The van der Waals surface area contributed by atoms with Gasteiger partial charge in [-0.15, -0.1) is 0 Å². The fourth-order valence-corrected chi connectivity index (χ4v) is 8.21. The fraction of sp³-hybridized carbons (Fsp3) is 0.732. The molecule has 1 aromatic heterocycles. The molecule has 2 saturated heterocycles. The molecule has 11 nitrogen and oxygen atoms in total. The molecule has 2 aromatic rings. The van der Waals surface area contributed by atoms with Crippen LogP contribution in [-0.2, 0) is 35.1 Å². The van der Waals surface area contributed by atoms with E-state index in [1.54, 1.807) is 27.9 Å². The van der Waals surface area contributed by atoms with Gasteiger partial charge in [0.2, 0.25) is 0 Å². The molecule has 0 amide bonds. The van der Waals surface area contributed by atoms with E-state index in [2.05, 4.69) is 41.2 Å². The number of aromatic nitrogens is 1. The van der Waals surface area contributed by atoms with Crippen molar-refractivity contribution in [3.8, 4) is 0 Å². The van der Waals surface area contributed by atoms with Crippen LogP contribution in [0.25, 0.3) is 10.9 Å². The van der Waals surface area contributed by atoms with Gasteiger partial charge in [-0.25, -0.2) is 0 Å². The Morgan fingerprint density at radius 3 is 2.56 bits per heavy atom. The molecule has 3 heterocycles. The maximum Gasteiger partial charge on any atom is 0.319 e. The maximum absolute atomic E-state index is 14.3. The van der Waals surface area contributed by atoms with Crippen LogP contribution in [0.4, 0.5) is 0 Å². The number of pyridine rings is 1. The SMILES string of the molecule is CCCN1C[C@H](C)C[C@@](C)(OC)[C@H](O[C@@H]2O[C@H](C)C[C@H](N(C)C)[C@H]2O)[C@@H](C)C(=O)C(C)(C)C(=O)OC[C@H]1CCCNCc1cnc2ccccc2c1. The zero-order valence-electron chi connectivity index (χ0n) is 33.4. The summed E-state index contributed by atoms with van der Waals surface area (Å²) in [4.78, 5) is 37.2. The lowest BCUT2D eigenvalue weighted by atomic mass is 9.74. The summed E-state index contributed by atoms with van der Waals surface area (Å²) in [5.41, 5.74) is -0.245. The van der Waals surface area contributed by atoms with Crippen molar-refractivity contribution in [2.24, 2.45) is 17.3 Å². The smallest absolute Gasteiger partial charge is 0.319 e. The highest BCUT2D eigenvalue weighted by Gasteiger charge is 2.51. The number of ether oxygens (including phenoxy) is 4. The van der Waals surface area contributed by atoms with Gasteiger partial charge in [-0.3, -0.25) is 19.5 Å². The second-order valence-electron chi connectivity index (χ2n) is 16.3. The molecule has 0 radical (unpaired) electrons. The van der Waals surface area contributed by atoms with Gasteiger partial charge in [0.1, 0.15) is 18.1 Å². The Morgan fingerprint density at radius 1 is 1.13 bits per heavy atom. The summed E-state index contributed by atoms with van der Waals surface area (Å²) in [6.45, 7) is 16.7. The minimum atomic E-state index is -1.43. The summed E-state index contributed by atoms with van der Waals surface area (Å²) >= 11 is 0. The lowest BCUT2D eigenvalue weighted by Gasteiger charge is -2.47. The Bertz CT molecular complexity index is 1460. The number of carbonyl (C=O) groups is 2. The zero-order chi connectivity index (χ0) is 38.2. The Kier molecular flexibility index (Phi) is 15.2. The van der Waals surface area contributed by atoms with Gasteiger partial charge in [0, 0.05) is 49.8 Å². The molecular formula is C41H66N4O7. The third-order valence-electron chi connectivity index (χ3n) is 11.2. The number of aliphatic hydroxyl groups excluding tert-OH is 1. The van der Waals surface area contributed by atoms with E-state index in [9.17, 15) is 14.7 Å². The first-order chi connectivity index (χ1) is 24.6. The molecule has 2 fully saturated rings. The van der Waals surface area contributed by atoms with Gasteiger partial charge in [0.15, 0.2) is 12.1 Å². The highest BCUT2D eigenvalue weighted by molar-refractivity contribution is 6.04. The number of aliphatic hydroxyl groups is 1. The topological polar surface area (TPSA) is 123 Å². The van der Waals surface area contributed by atoms with Crippen LogP contribution in [0.5, 0.6) is 0 Å². The van der Waals surface area contributed by atoms with Crippen molar-refractivity contribution in [3.63, 3.8) is 0 Å². The van der Waals surface area contributed by atoms with E-state index in [1.807, 2.05) is 57.2 Å². The molecule has 292 valence electrons. The number of benzene rings is 1. The first-order valence-corrected chi connectivity index (χ1v) is 19.3. The highest BCUT2D eigenvalue weighted by Crippen LogP contribution is 2.38. The first kappa shape index (κ1) is 42.2. The second-order valence-corrected chi connectivity index (χ2v) is 16.3. The summed E-state index contributed by atoms with van der Waals surface area (Å²) in [6.07, 6.45) is 2.93. The number of fused-ring (bicyclic) bond motifs is 1. The van der Waals surface area contributed by atoms with Crippen molar-refractivity contribution >= 4 is 22.7 Å². The number of rotatable bonds is 12. The van der Waals surface area contributed by atoms with E-state index in [1.165, 1.54) is 0 Å². The molecule has 11 heteroatoms. The Balaban J connectivity index is 1.54. The average molecular weight is 727 g/mol. The molecule has 9 atom stereocenters. The Hall–Kier alpha value is -2.51. The second kappa shape index (κ2) is 18.7. The number of nitrogens with zero attached hydrogens (tertiary/aromatic N) is 3.